The van der Waals surface area contributed by atoms with Gasteiger partial charge in [0, 0.05) is 19.0 Å². The number of nitrogens with zero attached hydrogens (tertiary/aromatic N) is 1. The van der Waals surface area contributed by atoms with Crippen LogP contribution >= 0.6 is 0 Å². The zero-order chi connectivity index (χ0) is 18.4. The zero-order valence-corrected chi connectivity index (χ0v) is 14.2. The van der Waals surface area contributed by atoms with Crippen LogP contribution < -0.4 is 10.6 Å². The fourth-order valence-corrected chi connectivity index (χ4v) is 3.35. The second-order valence-electron chi connectivity index (χ2n) is 6.55. The average Bonchev–Trinajstić information content (AvgIpc) is 2.54. The van der Waals surface area contributed by atoms with Gasteiger partial charge in [-0.05, 0) is 25.8 Å². The number of amides is 1. The highest BCUT2D eigenvalue weighted by Crippen LogP contribution is 2.34. The van der Waals surface area contributed by atoms with Gasteiger partial charge in [0.1, 0.15) is 5.69 Å². The van der Waals surface area contributed by atoms with Crippen molar-refractivity contribution in [3.05, 3.63) is 34.4 Å². The first-order chi connectivity index (χ1) is 11.8. The van der Waals surface area contributed by atoms with Gasteiger partial charge in [-0.25, -0.2) is 0 Å². The lowest BCUT2D eigenvalue weighted by atomic mass is 9.74. The van der Waals surface area contributed by atoms with Gasteiger partial charge in [-0.3, -0.25) is 19.7 Å². The maximum atomic E-state index is 12.2. The molecule has 2 unspecified atom stereocenters. The van der Waals surface area contributed by atoms with Crippen molar-refractivity contribution in [1.82, 2.24) is 5.32 Å². The molecule has 0 radical (unpaired) electrons. The summed E-state index contributed by atoms with van der Waals surface area (Å²) in [4.78, 5) is 34.1. The molecule has 2 atom stereocenters. The minimum Gasteiger partial charge on any atom is -0.481 e. The summed E-state index contributed by atoms with van der Waals surface area (Å²) in [6, 6.07) is 6.23. The topological polar surface area (TPSA) is 122 Å². The van der Waals surface area contributed by atoms with Crippen LogP contribution in [0.15, 0.2) is 24.3 Å². The van der Waals surface area contributed by atoms with Crippen molar-refractivity contribution in [2.75, 3.05) is 11.9 Å². The predicted octanol–water partition coefficient (Wildman–Crippen LogP) is 2.55. The number of nitro groups is 1. The largest absolute Gasteiger partial charge is 0.481 e. The van der Waals surface area contributed by atoms with E-state index in [2.05, 4.69) is 10.6 Å². The highest BCUT2D eigenvalue weighted by Gasteiger charge is 2.41. The fourth-order valence-electron chi connectivity index (χ4n) is 3.35. The molecule has 1 aromatic rings. The van der Waals surface area contributed by atoms with E-state index in [1.54, 1.807) is 25.1 Å². The van der Waals surface area contributed by atoms with E-state index in [0.717, 1.165) is 12.8 Å². The van der Waals surface area contributed by atoms with Crippen molar-refractivity contribution in [2.24, 2.45) is 5.92 Å². The number of aliphatic carboxylic acids is 1. The van der Waals surface area contributed by atoms with Gasteiger partial charge in [0.15, 0.2) is 0 Å². The third kappa shape index (κ3) is 4.68. The lowest BCUT2D eigenvalue weighted by Gasteiger charge is -2.39. The summed E-state index contributed by atoms with van der Waals surface area (Å²) >= 11 is 0. The van der Waals surface area contributed by atoms with E-state index >= 15 is 0 Å². The molecule has 136 valence electrons. The fraction of sp³-hybridized carbons (Fsp3) is 0.529. The monoisotopic (exact) mass is 349 g/mol. The third-order valence-corrected chi connectivity index (χ3v) is 4.70. The van der Waals surface area contributed by atoms with Crippen molar-refractivity contribution in [3.8, 4) is 0 Å². The lowest BCUT2D eigenvalue weighted by Crippen LogP contribution is -2.55. The number of nitrogens with one attached hydrogen (secondary N) is 2. The quantitative estimate of drug-likeness (QED) is 0.514. The predicted molar refractivity (Wildman–Crippen MR) is 92.3 cm³/mol. The number of anilines is 1. The van der Waals surface area contributed by atoms with Gasteiger partial charge < -0.3 is 15.7 Å². The molecule has 8 nitrogen and oxygen atoms in total. The molecular formula is C17H23N3O5. The maximum absolute atomic E-state index is 12.2. The molecule has 1 aromatic carbocycles. The van der Waals surface area contributed by atoms with E-state index in [9.17, 15) is 24.8 Å². The van der Waals surface area contributed by atoms with Crippen LogP contribution in [-0.4, -0.2) is 34.0 Å². The van der Waals surface area contributed by atoms with Crippen molar-refractivity contribution in [1.29, 1.82) is 0 Å². The Hall–Kier alpha value is -2.64. The number of rotatable bonds is 7. The van der Waals surface area contributed by atoms with Crippen LogP contribution in [-0.2, 0) is 9.59 Å². The van der Waals surface area contributed by atoms with E-state index in [4.69, 9.17) is 0 Å². The number of carboxylic acid groups (broad SMARTS) is 1. The molecular weight excluding hydrogens is 326 g/mol. The van der Waals surface area contributed by atoms with Gasteiger partial charge in [-0.1, -0.05) is 25.0 Å². The number of benzene rings is 1. The Bertz CT molecular complexity index is 663. The van der Waals surface area contributed by atoms with Crippen molar-refractivity contribution < 1.29 is 19.6 Å². The Kier molecular flexibility index (Phi) is 5.95. The summed E-state index contributed by atoms with van der Waals surface area (Å²) in [5.74, 6) is -1.74. The third-order valence-electron chi connectivity index (χ3n) is 4.70. The van der Waals surface area contributed by atoms with E-state index in [-0.39, 0.29) is 24.6 Å². The Morgan fingerprint density at radius 1 is 1.36 bits per heavy atom. The van der Waals surface area contributed by atoms with Crippen LogP contribution in [0, 0.1) is 16.0 Å². The van der Waals surface area contributed by atoms with E-state index in [0.29, 0.717) is 18.5 Å². The molecule has 0 aliphatic heterocycles. The Morgan fingerprint density at radius 2 is 2.08 bits per heavy atom. The molecule has 1 aliphatic rings. The molecule has 0 spiro atoms. The van der Waals surface area contributed by atoms with Gasteiger partial charge in [-0.2, -0.15) is 0 Å². The van der Waals surface area contributed by atoms with Gasteiger partial charge in [0.2, 0.25) is 5.91 Å². The summed E-state index contributed by atoms with van der Waals surface area (Å²) < 4.78 is 0. The van der Waals surface area contributed by atoms with E-state index < -0.39 is 22.3 Å². The van der Waals surface area contributed by atoms with Crippen molar-refractivity contribution in [2.45, 2.75) is 44.6 Å². The first-order valence-electron chi connectivity index (χ1n) is 8.34. The highest BCUT2D eigenvalue weighted by atomic mass is 16.6. The lowest BCUT2D eigenvalue weighted by molar-refractivity contribution is -0.384. The van der Waals surface area contributed by atoms with E-state index in [1.165, 1.54) is 6.07 Å². The number of carbonyl (C=O) groups is 2. The zero-order valence-electron chi connectivity index (χ0n) is 14.2. The van der Waals surface area contributed by atoms with Crippen LogP contribution in [0.5, 0.6) is 0 Å². The second-order valence-corrected chi connectivity index (χ2v) is 6.55. The summed E-state index contributed by atoms with van der Waals surface area (Å²) in [5.41, 5.74) is -0.444. The normalized spacial score (nSPS) is 22.8. The van der Waals surface area contributed by atoms with Gasteiger partial charge in [0.25, 0.3) is 5.69 Å². The maximum Gasteiger partial charge on any atom is 0.308 e. The standard InChI is InChI=1S/C17H23N3O5/c1-17(10-5-4-6-12(17)16(22)23)19-15(21)9-11-18-13-7-2-3-8-14(13)20(24)25/h2-3,7-8,12,18H,4-6,9-11H2,1H3,(H,19,21)(H,22,23). The molecule has 1 aliphatic carbocycles. The van der Waals surface area contributed by atoms with Gasteiger partial charge >= 0.3 is 5.97 Å². The smallest absolute Gasteiger partial charge is 0.308 e. The summed E-state index contributed by atoms with van der Waals surface area (Å²) in [6.45, 7) is 2.00. The molecule has 1 amide bonds. The Labute approximate surface area is 145 Å². The molecule has 1 saturated carbocycles. The van der Waals surface area contributed by atoms with Crippen LogP contribution in [0.25, 0.3) is 0 Å². The van der Waals surface area contributed by atoms with Crippen LogP contribution in [0.4, 0.5) is 11.4 Å². The highest BCUT2D eigenvalue weighted by molar-refractivity contribution is 5.79. The first-order valence-corrected chi connectivity index (χ1v) is 8.34. The summed E-state index contributed by atoms with van der Waals surface area (Å²) in [5, 5.41) is 26.1. The van der Waals surface area contributed by atoms with Crippen molar-refractivity contribution >= 4 is 23.3 Å². The van der Waals surface area contributed by atoms with Gasteiger partial charge in [0.05, 0.1) is 16.4 Å². The molecule has 3 N–H and O–H groups in total. The van der Waals surface area contributed by atoms with Gasteiger partial charge in [-0.15, -0.1) is 0 Å². The number of carboxylic acids is 1. The molecule has 2 rings (SSSR count). The molecule has 0 aromatic heterocycles. The number of hydrogen-bond acceptors (Lipinski definition) is 5. The SMILES string of the molecule is CC1(NC(=O)CCNc2ccccc2[N+](=O)[O-])CCCCC1C(=O)O. The average molecular weight is 349 g/mol. The summed E-state index contributed by atoms with van der Waals surface area (Å²) in [7, 11) is 0. The molecule has 1 fully saturated rings. The number of carbonyl (C=O) groups excluding carboxylic acids is 1. The molecule has 25 heavy (non-hydrogen) atoms. The van der Waals surface area contributed by atoms with Crippen molar-refractivity contribution in [3.63, 3.8) is 0 Å². The molecule has 0 saturated heterocycles. The number of para-hydroxylation sites is 2. The second kappa shape index (κ2) is 7.96. The Balaban J connectivity index is 1.90. The minimum atomic E-state index is -0.888. The minimum absolute atomic E-state index is 0.0481. The van der Waals surface area contributed by atoms with E-state index in [1.807, 2.05) is 0 Å². The molecule has 8 heteroatoms. The first kappa shape index (κ1) is 18.7. The molecule has 0 bridgehead atoms. The van der Waals surface area contributed by atoms with Crippen LogP contribution in [0.2, 0.25) is 0 Å². The van der Waals surface area contributed by atoms with Crippen LogP contribution in [0.3, 0.4) is 0 Å². The number of nitro benzene ring substituents is 1. The van der Waals surface area contributed by atoms with Crippen LogP contribution in [0.1, 0.15) is 39.0 Å². The Morgan fingerprint density at radius 3 is 2.76 bits per heavy atom. The molecule has 0 heterocycles. The number of hydrogen-bond donors (Lipinski definition) is 3. The summed E-state index contributed by atoms with van der Waals surface area (Å²) in [6.07, 6.45) is 3.03.